The molecule has 0 aromatic heterocycles. The van der Waals surface area contributed by atoms with Gasteiger partial charge in [-0.2, -0.15) is 0 Å². The smallest absolute Gasteiger partial charge is 0.256 e. The number of benzene rings is 3. The second-order valence-electron chi connectivity index (χ2n) is 5.52. The van der Waals surface area contributed by atoms with Crippen molar-refractivity contribution in [3.8, 4) is 0 Å². The maximum absolute atomic E-state index is 14.5. The molecule has 0 fully saturated rings. The first kappa shape index (κ1) is 16.9. The standard InChI is InChI=1S/C19H11ClF2N2OS/c20-14-4-3-5-15(22)18(14)23-16-6-1-2-7-17(16)26-24(19(23)25)13-10-8-12(21)9-11-13/h1-11H. The monoisotopic (exact) mass is 388 g/mol. The number of urea groups is 1. The highest BCUT2D eigenvalue weighted by atomic mass is 35.5. The van der Waals surface area contributed by atoms with Crippen molar-refractivity contribution in [2.75, 3.05) is 9.21 Å². The Labute approximate surface area is 157 Å². The number of carbonyl (C=O) groups excluding carboxylic acids is 1. The highest BCUT2D eigenvalue weighted by molar-refractivity contribution is 8.01. The second kappa shape index (κ2) is 6.63. The zero-order valence-electron chi connectivity index (χ0n) is 13.2. The number of halogens is 3. The molecule has 3 aromatic carbocycles. The summed E-state index contributed by atoms with van der Waals surface area (Å²) < 4.78 is 29.2. The van der Waals surface area contributed by atoms with E-state index < -0.39 is 17.7 Å². The number of rotatable bonds is 2. The van der Waals surface area contributed by atoms with Gasteiger partial charge in [0.1, 0.15) is 17.3 Å². The molecule has 0 saturated carbocycles. The molecule has 1 heterocycles. The number of fused-ring (bicyclic) bond motifs is 1. The van der Waals surface area contributed by atoms with Gasteiger partial charge in [-0.15, -0.1) is 0 Å². The predicted molar refractivity (Wildman–Crippen MR) is 100 cm³/mol. The minimum Gasteiger partial charge on any atom is -0.256 e. The Bertz CT molecular complexity index is 977. The quantitative estimate of drug-likeness (QED) is 0.474. The van der Waals surface area contributed by atoms with Crippen LogP contribution in [-0.4, -0.2) is 6.03 Å². The Morgan fingerprint density at radius 1 is 0.885 bits per heavy atom. The summed E-state index contributed by atoms with van der Waals surface area (Å²) in [6.45, 7) is 0. The summed E-state index contributed by atoms with van der Waals surface area (Å²) in [6.07, 6.45) is 0. The van der Waals surface area contributed by atoms with Gasteiger partial charge in [-0.05, 0) is 60.5 Å². The minimum absolute atomic E-state index is 0.0148. The van der Waals surface area contributed by atoms with Crippen LogP contribution in [0.1, 0.15) is 0 Å². The number of carbonyl (C=O) groups is 1. The summed E-state index contributed by atoms with van der Waals surface area (Å²) in [5.41, 5.74) is 1.00. The van der Waals surface area contributed by atoms with Crippen molar-refractivity contribution in [2.24, 2.45) is 0 Å². The number of nitrogens with zero attached hydrogens (tertiary/aromatic N) is 2. The largest absolute Gasteiger partial charge is 0.344 e. The molecule has 0 unspecified atom stereocenters. The van der Waals surface area contributed by atoms with Crippen molar-refractivity contribution in [1.82, 2.24) is 0 Å². The van der Waals surface area contributed by atoms with Gasteiger partial charge in [0.05, 0.1) is 21.3 Å². The van der Waals surface area contributed by atoms with Crippen LogP contribution in [0.5, 0.6) is 0 Å². The average molecular weight is 389 g/mol. The number of anilines is 3. The molecule has 7 heteroatoms. The lowest BCUT2D eigenvalue weighted by atomic mass is 10.2. The van der Waals surface area contributed by atoms with Gasteiger partial charge >= 0.3 is 6.03 Å². The van der Waals surface area contributed by atoms with Crippen LogP contribution in [0, 0.1) is 11.6 Å². The van der Waals surface area contributed by atoms with E-state index in [2.05, 4.69) is 0 Å². The van der Waals surface area contributed by atoms with Gasteiger partial charge in [0.15, 0.2) is 0 Å². The number of para-hydroxylation sites is 2. The first-order chi connectivity index (χ1) is 12.6. The number of hydrogen-bond acceptors (Lipinski definition) is 2. The topological polar surface area (TPSA) is 23.6 Å². The van der Waals surface area contributed by atoms with E-state index in [1.54, 1.807) is 12.1 Å². The normalized spacial score (nSPS) is 13.7. The molecule has 26 heavy (non-hydrogen) atoms. The van der Waals surface area contributed by atoms with Gasteiger partial charge in [-0.3, -0.25) is 4.90 Å². The molecule has 0 bridgehead atoms. The summed E-state index contributed by atoms with van der Waals surface area (Å²) in [4.78, 5) is 15.2. The zero-order valence-corrected chi connectivity index (χ0v) is 14.8. The van der Waals surface area contributed by atoms with Crippen LogP contribution in [0.4, 0.5) is 30.6 Å². The Kier molecular flexibility index (Phi) is 4.30. The number of amides is 2. The van der Waals surface area contributed by atoms with Crippen molar-refractivity contribution in [2.45, 2.75) is 4.90 Å². The van der Waals surface area contributed by atoms with E-state index in [4.69, 9.17) is 11.6 Å². The molecular weight excluding hydrogens is 378 g/mol. The average Bonchev–Trinajstić information content (AvgIpc) is 2.64. The van der Waals surface area contributed by atoms with E-state index in [0.29, 0.717) is 11.4 Å². The van der Waals surface area contributed by atoms with Gasteiger partial charge in [-0.25, -0.2) is 17.9 Å². The van der Waals surface area contributed by atoms with Crippen molar-refractivity contribution in [1.29, 1.82) is 0 Å². The van der Waals surface area contributed by atoms with Gasteiger partial charge in [0.2, 0.25) is 0 Å². The third-order valence-corrected chi connectivity index (χ3v) is 5.28. The highest BCUT2D eigenvalue weighted by Gasteiger charge is 2.35. The Morgan fingerprint density at radius 3 is 2.35 bits per heavy atom. The molecule has 0 aliphatic carbocycles. The lowest BCUT2D eigenvalue weighted by Crippen LogP contribution is -2.40. The van der Waals surface area contributed by atoms with E-state index >= 15 is 0 Å². The first-order valence-electron chi connectivity index (χ1n) is 7.67. The molecule has 0 radical (unpaired) electrons. The molecular formula is C19H11ClF2N2OS. The Balaban J connectivity index is 1.89. The summed E-state index contributed by atoms with van der Waals surface area (Å²) in [7, 11) is 0. The van der Waals surface area contributed by atoms with Crippen LogP contribution in [-0.2, 0) is 0 Å². The summed E-state index contributed by atoms with van der Waals surface area (Å²) in [5.74, 6) is -1.01. The molecule has 3 aromatic rings. The van der Waals surface area contributed by atoms with E-state index in [1.807, 2.05) is 12.1 Å². The van der Waals surface area contributed by atoms with E-state index in [1.165, 1.54) is 63.6 Å². The van der Waals surface area contributed by atoms with E-state index in [9.17, 15) is 13.6 Å². The van der Waals surface area contributed by atoms with Crippen molar-refractivity contribution in [3.63, 3.8) is 0 Å². The highest BCUT2D eigenvalue weighted by Crippen LogP contribution is 2.46. The molecule has 0 N–H and O–H groups in total. The van der Waals surface area contributed by atoms with E-state index in [-0.39, 0.29) is 10.7 Å². The van der Waals surface area contributed by atoms with Crippen molar-refractivity contribution >= 4 is 46.6 Å². The van der Waals surface area contributed by atoms with Gasteiger partial charge in [0.25, 0.3) is 0 Å². The minimum atomic E-state index is -0.605. The van der Waals surface area contributed by atoms with Crippen LogP contribution in [0.2, 0.25) is 5.02 Å². The van der Waals surface area contributed by atoms with Crippen LogP contribution in [0.15, 0.2) is 71.6 Å². The number of hydrogen-bond donors (Lipinski definition) is 0. The van der Waals surface area contributed by atoms with Crippen LogP contribution < -0.4 is 9.21 Å². The molecule has 4 rings (SSSR count). The molecule has 2 amide bonds. The summed E-state index contributed by atoms with van der Waals surface area (Å²) in [5, 5.41) is 0.124. The fourth-order valence-corrected chi connectivity index (χ4v) is 3.93. The first-order valence-corrected chi connectivity index (χ1v) is 8.82. The maximum atomic E-state index is 14.5. The fraction of sp³-hybridized carbons (Fsp3) is 0. The molecule has 1 aliphatic rings. The molecule has 0 saturated heterocycles. The van der Waals surface area contributed by atoms with Gasteiger partial charge < -0.3 is 0 Å². The van der Waals surface area contributed by atoms with Crippen molar-refractivity contribution in [3.05, 3.63) is 83.4 Å². The fourth-order valence-electron chi connectivity index (χ4n) is 2.71. The Hall–Kier alpha value is -2.57. The van der Waals surface area contributed by atoms with Gasteiger partial charge in [0, 0.05) is 0 Å². The third kappa shape index (κ3) is 2.81. The van der Waals surface area contributed by atoms with Gasteiger partial charge in [-0.1, -0.05) is 29.8 Å². The molecule has 0 spiro atoms. The summed E-state index contributed by atoms with van der Waals surface area (Å²) in [6, 6.07) is 16.4. The maximum Gasteiger partial charge on any atom is 0.344 e. The zero-order chi connectivity index (χ0) is 18.3. The SMILES string of the molecule is O=C1N(c2ccc(F)cc2)Sc2ccccc2N1c1c(F)cccc1Cl. The second-order valence-corrected chi connectivity index (χ2v) is 6.91. The van der Waals surface area contributed by atoms with Crippen molar-refractivity contribution < 1.29 is 13.6 Å². The lowest BCUT2D eigenvalue weighted by Gasteiger charge is -2.36. The van der Waals surface area contributed by atoms with E-state index in [0.717, 1.165) is 4.90 Å². The lowest BCUT2D eigenvalue weighted by molar-refractivity contribution is 0.256. The van der Waals surface area contributed by atoms with Crippen LogP contribution in [0.3, 0.4) is 0 Å². The molecule has 3 nitrogen and oxygen atoms in total. The third-order valence-electron chi connectivity index (χ3n) is 3.88. The molecule has 0 atom stereocenters. The molecule has 130 valence electrons. The molecule has 1 aliphatic heterocycles. The van der Waals surface area contributed by atoms with Crippen LogP contribution >= 0.6 is 23.5 Å². The summed E-state index contributed by atoms with van der Waals surface area (Å²) >= 11 is 7.39. The predicted octanol–water partition coefficient (Wildman–Crippen LogP) is 6.40. The Morgan fingerprint density at radius 2 is 1.62 bits per heavy atom. The van der Waals surface area contributed by atoms with Crippen LogP contribution in [0.25, 0.3) is 0 Å².